The van der Waals surface area contributed by atoms with Gasteiger partial charge in [0.2, 0.25) is 0 Å². The average Bonchev–Trinajstić information content (AvgIpc) is 3.32. The molecule has 6 heterocycles. The van der Waals surface area contributed by atoms with E-state index in [0.29, 0.717) is 0 Å². The largest absolute Gasteiger partial charge is 0.394 e. The van der Waals surface area contributed by atoms with Crippen molar-refractivity contribution in [3.8, 4) is 0 Å². The molecule has 0 aliphatic carbocycles. The second-order valence-corrected chi connectivity index (χ2v) is 16.8. The summed E-state index contributed by atoms with van der Waals surface area (Å²) in [5.74, 6) is 0. The first-order valence-corrected chi connectivity index (χ1v) is 21.1. The minimum atomic E-state index is -2.25. The first-order valence-electron chi connectivity index (χ1n) is 21.1. The molecule has 67 heavy (non-hydrogen) atoms. The number of hydrogen-bond donors (Lipinski definition) is 20. The SMILES string of the molecule is OC[C@H]1O[C@@H](O[C@@H]2[C@H](O[C@@H]3[C@H](O[C@@H]4[C@@H](O[C@@H]5[C@@H](O[C@H]6[C@@H](O)[C@H](O)[C@@H](CO)O[C@@H]6O)O[C@H](CO)[C@@H](O)[C@@H]5O)O[C@H](CO)[C@@H](O)[C@@H]4O)O[C@H](CO)[C@@H](O)[C@@H]3O)O[C@H](CO)[C@@H](O)[C@@H]2O)[C@@H](O)[C@@H](O)[C@@H]1O. The Hall–Kier alpha value is -1.24. The fourth-order valence-corrected chi connectivity index (χ4v) is 8.42. The highest BCUT2D eigenvalue weighted by molar-refractivity contribution is 5.00. The van der Waals surface area contributed by atoms with Gasteiger partial charge >= 0.3 is 0 Å². The normalized spacial score (nSPS) is 53.4. The lowest BCUT2D eigenvalue weighted by molar-refractivity contribution is -0.417. The van der Waals surface area contributed by atoms with Crippen molar-refractivity contribution < 1.29 is 154 Å². The molecule has 6 saturated heterocycles. The third-order valence-electron chi connectivity index (χ3n) is 12.4. The molecule has 392 valence electrons. The number of aliphatic hydroxyl groups excluding tert-OH is 20. The van der Waals surface area contributed by atoms with Gasteiger partial charge in [0.25, 0.3) is 0 Å². The predicted octanol–water partition coefficient (Wildman–Crippen LogP) is -14.1. The molecule has 6 rings (SSSR count). The predicted molar refractivity (Wildman–Crippen MR) is 199 cm³/mol. The Balaban J connectivity index is 1.31. The van der Waals surface area contributed by atoms with Crippen LogP contribution >= 0.6 is 0 Å². The molecular weight excluding hydrogens is 928 g/mol. The van der Waals surface area contributed by atoms with Crippen molar-refractivity contribution in [2.45, 2.75) is 184 Å². The third kappa shape index (κ3) is 11.2. The molecule has 0 saturated carbocycles. The first kappa shape index (κ1) is 55.1. The van der Waals surface area contributed by atoms with Gasteiger partial charge in [-0.15, -0.1) is 0 Å². The van der Waals surface area contributed by atoms with Crippen LogP contribution in [0.5, 0.6) is 0 Å². The molecule has 20 N–H and O–H groups in total. The van der Waals surface area contributed by atoms with Crippen LogP contribution in [0.1, 0.15) is 0 Å². The highest BCUT2D eigenvalue weighted by Gasteiger charge is 2.58. The molecule has 0 radical (unpaired) electrons. The Morgan fingerprint density at radius 2 is 0.433 bits per heavy atom. The molecule has 0 amide bonds. The maximum atomic E-state index is 11.5. The van der Waals surface area contributed by atoms with Crippen LogP contribution in [0.25, 0.3) is 0 Å². The van der Waals surface area contributed by atoms with Crippen molar-refractivity contribution in [2.75, 3.05) is 39.6 Å². The summed E-state index contributed by atoms with van der Waals surface area (Å²) in [6, 6.07) is 0. The number of aliphatic hydroxyl groups is 20. The molecule has 0 aromatic heterocycles. The van der Waals surface area contributed by atoms with Crippen molar-refractivity contribution >= 4 is 0 Å². The second-order valence-electron chi connectivity index (χ2n) is 16.8. The number of ether oxygens (including phenoxy) is 11. The summed E-state index contributed by atoms with van der Waals surface area (Å²) < 4.78 is 62.2. The van der Waals surface area contributed by atoms with Crippen LogP contribution in [-0.2, 0) is 52.1 Å². The molecule has 0 aromatic rings. The van der Waals surface area contributed by atoms with Gasteiger partial charge in [0.15, 0.2) is 37.7 Å². The van der Waals surface area contributed by atoms with E-state index in [0.717, 1.165) is 0 Å². The van der Waals surface area contributed by atoms with E-state index < -0.39 is 224 Å². The van der Waals surface area contributed by atoms with E-state index in [1.54, 1.807) is 0 Å². The van der Waals surface area contributed by atoms with E-state index in [1.807, 2.05) is 0 Å². The summed E-state index contributed by atoms with van der Waals surface area (Å²) in [6.07, 6.45) is -60.2. The lowest BCUT2D eigenvalue weighted by atomic mass is 9.95. The standard InChI is InChI=1S/C36H62O31/c37-1-7-14(44)20(50)26(31(56)57-7)63-33-28(22(52)16(46)9(3-39)59-33)65-35-30(24(54)18(48)11(5-41)61-35)67-36-29(23(53)17(47)12(6-42)62-36)66-34-27(21(51)15(45)10(4-40)60-34)64-32-25(55)19(49)13(43)8(2-38)58-32/h7-56H,1-6H2/t7-,8-,9-,10-,11-,12-,13-,14-,15-,16-,17-,18-,19+,20+,21+,22+,23+,24+,25+,26+,27+,28+,29+,30+,31+,32+,33-,34+,35-,36+/m1/s1. The van der Waals surface area contributed by atoms with Gasteiger partial charge in [-0.2, -0.15) is 0 Å². The van der Waals surface area contributed by atoms with E-state index in [9.17, 15) is 102 Å². The summed E-state index contributed by atoms with van der Waals surface area (Å²) >= 11 is 0. The molecule has 0 unspecified atom stereocenters. The molecule has 0 aromatic carbocycles. The van der Waals surface area contributed by atoms with Crippen molar-refractivity contribution in [2.24, 2.45) is 0 Å². The lowest BCUT2D eigenvalue weighted by Gasteiger charge is -2.50. The number of rotatable bonds is 16. The molecule has 6 aliphatic heterocycles. The van der Waals surface area contributed by atoms with Gasteiger partial charge in [0.05, 0.1) is 39.6 Å². The van der Waals surface area contributed by atoms with Gasteiger partial charge in [0, 0.05) is 0 Å². The minimum Gasteiger partial charge on any atom is -0.394 e. The van der Waals surface area contributed by atoms with Crippen LogP contribution in [0.3, 0.4) is 0 Å². The van der Waals surface area contributed by atoms with Crippen LogP contribution in [0.2, 0.25) is 0 Å². The van der Waals surface area contributed by atoms with Gasteiger partial charge in [-0.25, -0.2) is 0 Å². The average molecular weight is 991 g/mol. The van der Waals surface area contributed by atoms with Gasteiger partial charge < -0.3 is 154 Å². The maximum absolute atomic E-state index is 11.5. The van der Waals surface area contributed by atoms with Crippen molar-refractivity contribution in [1.82, 2.24) is 0 Å². The fourth-order valence-electron chi connectivity index (χ4n) is 8.42. The van der Waals surface area contributed by atoms with Gasteiger partial charge in [0.1, 0.15) is 146 Å². The monoisotopic (exact) mass is 990 g/mol. The van der Waals surface area contributed by atoms with E-state index in [-0.39, 0.29) is 0 Å². The summed E-state index contributed by atoms with van der Waals surface area (Å²) in [7, 11) is 0. The molecule has 0 bridgehead atoms. The van der Waals surface area contributed by atoms with Crippen molar-refractivity contribution in [3.63, 3.8) is 0 Å². The van der Waals surface area contributed by atoms with E-state index >= 15 is 0 Å². The topological polar surface area (TPSA) is 506 Å². The van der Waals surface area contributed by atoms with Crippen LogP contribution < -0.4 is 0 Å². The lowest BCUT2D eigenvalue weighted by Crippen LogP contribution is -2.69. The fraction of sp³-hybridized carbons (Fsp3) is 1.00. The zero-order valence-electron chi connectivity index (χ0n) is 35.0. The summed E-state index contributed by atoms with van der Waals surface area (Å²) in [5.41, 5.74) is 0. The van der Waals surface area contributed by atoms with Crippen LogP contribution in [0.15, 0.2) is 0 Å². The molecule has 0 spiro atoms. The summed E-state index contributed by atoms with van der Waals surface area (Å²) in [4.78, 5) is 0. The van der Waals surface area contributed by atoms with Gasteiger partial charge in [-0.05, 0) is 0 Å². The first-order chi connectivity index (χ1) is 31.8. The quantitative estimate of drug-likeness (QED) is 0.0683. The minimum absolute atomic E-state index is 0.865. The molecule has 6 aliphatic rings. The smallest absolute Gasteiger partial charge is 0.187 e. The number of hydrogen-bond acceptors (Lipinski definition) is 31. The Bertz CT molecular complexity index is 1510. The Labute approximate surface area is 378 Å². The zero-order chi connectivity index (χ0) is 49.3. The van der Waals surface area contributed by atoms with E-state index in [1.165, 1.54) is 0 Å². The summed E-state index contributed by atoms with van der Waals surface area (Å²) in [6.45, 7) is -5.86. The molecule has 30 atom stereocenters. The van der Waals surface area contributed by atoms with Gasteiger partial charge in [-0.3, -0.25) is 0 Å². The highest BCUT2D eigenvalue weighted by Crippen LogP contribution is 2.37. The zero-order valence-corrected chi connectivity index (χ0v) is 35.0. The molecule has 31 nitrogen and oxygen atoms in total. The molecular formula is C36H62O31. The van der Waals surface area contributed by atoms with Crippen molar-refractivity contribution in [3.05, 3.63) is 0 Å². The van der Waals surface area contributed by atoms with Crippen LogP contribution in [0.4, 0.5) is 0 Å². The van der Waals surface area contributed by atoms with Crippen LogP contribution in [0, 0.1) is 0 Å². The maximum Gasteiger partial charge on any atom is 0.187 e. The Kier molecular flexibility index (Phi) is 19.4. The highest BCUT2D eigenvalue weighted by atomic mass is 16.8. The third-order valence-corrected chi connectivity index (χ3v) is 12.4. The summed E-state index contributed by atoms with van der Waals surface area (Å²) in [5, 5.41) is 211. The van der Waals surface area contributed by atoms with Crippen LogP contribution in [-0.4, -0.2) is 326 Å². The van der Waals surface area contributed by atoms with Gasteiger partial charge in [-0.1, -0.05) is 0 Å². The second kappa shape index (κ2) is 23.5. The Morgan fingerprint density at radius 3 is 0.716 bits per heavy atom. The Morgan fingerprint density at radius 1 is 0.224 bits per heavy atom. The van der Waals surface area contributed by atoms with Crippen molar-refractivity contribution in [1.29, 1.82) is 0 Å². The van der Waals surface area contributed by atoms with E-state index in [4.69, 9.17) is 52.1 Å². The van der Waals surface area contributed by atoms with E-state index in [2.05, 4.69) is 0 Å². The molecule has 31 heteroatoms. The molecule has 6 fully saturated rings.